The Morgan fingerprint density at radius 2 is 1.60 bits per heavy atom. The number of carbonyl (C=O) groups excluding carboxylic acids is 1. The predicted octanol–water partition coefficient (Wildman–Crippen LogP) is 6.08. The lowest BCUT2D eigenvalue weighted by Crippen LogP contribution is -2.37. The lowest BCUT2D eigenvalue weighted by Gasteiger charge is -2.28. The average molecular weight is 708 g/mol. The number of nitrogens with zero attached hydrogens (tertiary/aromatic N) is 4. The first-order valence-electron chi connectivity index (χ1n) is 14.9. The molecule has 0 amide bonds. The van der Waals surface area contributed by atoms with Gasteiger partial charge in [0.25, 0.3) is 5.85 Å². The van der Waals surface area contributed by atoms with Crippen LogP contribution in [0.4, 0.5) is 0 Å². The van der Waals surface area contributed by atoms with E-state index in [1.807, 2.05) is 36.4 Å². The Labute approximate surface area is 280 Å². The van der Waals surface area contributed by atoms with Crippen LogP contribution in [-0.2, 0) is 55.3 Å². The van der Waals surface area contributed by atoms with Gasteiger partial charge in [0.05, 0.1) is 32.8 Å². The molecule has 0 N–H and O–H groups in total. The van der Waals surface area contributed by atoms with Gasteiger partial charge in [-0.15, -0.1) is 0 Å². The first kappa shape index (κ1) is 33.9. The van der Waals surface area contributed by atoms with Crippen molar-refractivity contribution in [1.82, 2.24) is 19.5 Å². The minimum absolute atomic E-state index is 0.00852. The van der Waals surface area contributed by atoms with Crippen LogP contribution in [0, 0.1) is 0 Å². The zero-order valence-electron chi connectivity index (χ0n) is 25.7. The highest BCUT2D eigenvalue weighted by molar-refractivity contribution is 7.55. The molecule has 2 aliphatic rings. The Hall–Kier alpha value is -2.97. The maximum absolute atomic E-state index is 14.6. The highest BCUT2D eigenvalue weighted by atomic mass is 35.5. The van der Waals surface area contributed by atoms with Gasteiger partial charge < -0.3 is 32.7 Å². The standard InChI is InChI=1S/C31H33Cl2N4O9P/c1-4-40-28(38)29(47(39,42-15-19-11-7-5-8-12-19)43-16-20-13-9-6-10-14-20)41-17-21-23-24(46-31(2,3)45-23)27(44-21)37-18-34-22-25(32)35-30(33)36-26(22)37/h5-14,18,21,23-24,27,29H,4,15-17H2,1-3H3/t21-,23-,24-,27-,29?/m1/s1. The molecule has 16 heteroatoms. The van der Waals surface area contributed by atoms with E-state index >= 15 is 0 Å². The maximum Gasteiger partial charge on any atom is 0.371 e. The van der Waals surface area contributed by atoms with Gasteiger partial charge in [-0.2, -0.15) is 4.98 Å². The third kappa shape index (κ3) is 7.54. The second-order valence-electron chi connectivity index (χ2n) is 11.2. The van der Waals surface area contributed by atoms with Gasteiger partial charge in [0.2, 0.25) is 5.28 Å². The van der Waals surface area contributed by atoms with E-state index in [-0.39, 0.29) is 36.9 Å². The number of ether oxygens (including phenoxy) is 5. The molecule has 2 aromatic heterocycles. The monoisotopic (exact) mass is 706 g/mol. The summed E-state index contributed by atoms with van der Waals surface area (Å²) in [6, 6.07) is 18.2. The van der Waals surface area contributed by atoms with Crippen LogP contribution in [0.25, 0.3) is 11.2 Å². The van der Waals surface area contributed by atoms with Crippen molar-refractivity contribution in [3.05, 3.63) is 88.6 Å². The van der Waals surface area contributed by atoms with Gasteiger partial charge in [0.1, 0.15) is 23.8 Å². The average Bonchev–Trinajstić information content (AvgIpc) is 3.71. The van der Waals surface area contributed by atoms with Crippen LogP contribution in [-0.4, -0.2) is 68.6 Å². The summed E-state index contributed by atoms with van der Waals surface area (Å²) in [4.78, 5) is 26.0. The molecule has 0 spiro atoms. The zero-order valence-corrected chi connectivity index (χ0v) is 28.1. The Kier molecular flexibility index (Phi) is 10.3. The molecule has 2 saturated heterocycles. The zero-order chi connectivity index (χ0) is 33.2. The summed E-state index contributed by atoms with van der Waals surface area (Å²) in [5.74, 6) is -3.64. The third-order valence-electron chi connectivity index (χ3n) is 7.45. The van der Waals surface area contributed by atoms with Crippen LogP contribution < -0.4 is 0 Å². The molecule has 250 valence electrons. The summed E-state index contributed by atoms with van der Waals surface area (Å²) in [6.07, 6.45) is -1.45. The van der Waals surface area contributed by atoms with Crippen molar-refractivity contribution in [1.29, 1.82) is 0 Å². The Balaban J connectivity index is 1.27. The second-order valence-corrected chi connectivity index (χ2v) is 14.0. The number of fused-ring (bicyclic) bond motifs is 2. The van der Waals surface area contributed by atoms with Gasteiger partial charge in [0.15, 0.2) is 22.8 Å². The first-order chi connectivity index (χ1) is 22.6. The van der Waals surface area contributed by atoms with Gasteiger partial charge in [-0.25, -0.2) is 14.8 Å². The van der Waals surface area contributed by atoms with E-state index in [9.17, 15) is 9.36 Å². The molecular formula is C31H33Cl2N4O9P. The Bertz CT molecular complexity index is 1700. The van der Waals surface area contributed by atoms with Crippen LogP contribution in [0.2, 0.25) is 10.4 Å². The minimum atomic E-state index is -4.35. The summed E-state index contributed by atoms with van der Waals surface area (Å²) in [6.45, 7) is 4.70. The molecular weight excluding hydrogens is 674 g/mol. The number of carbonyl (C=O) groups is 1. The van der Waals surface area contributed by atoms with E-state index in [0.717, 1.165) is 11.1 Å². The quantitative estimate of drug-likeness (QED) is 0.0688. The van der Waals surface area contributed by atoms with Gasteiger partial charge in [0, 0.05) is 0 Å². The van der Waals surface area contributed by atoms with Gasteiger partial charge in [-0.1, -0.05) is 72.3 Å². The molecule has 4 aromatic rings. The number of hydrogen-bond acceptors (Lipinski definition) is 12. The van der Waals surface area contributed by atoms with E-state index < -0.39 is 49.7 Å². The van der Waals surface area contributed by atoms with Crippen LogP contribution in [0.1, 0.15) is 38.1 Å². The van der Waals surface area contributed by atoms with Crippen molar-refractivity contribution in [2.45, 2.75) is 70.2 Å². The fourth-order valence-corrected chi connectivity index (χ4v) is 7.42. The minimum Gasteiger partial charge on any atom is -0.464 e. The molecule has 5 atom stereocenters. The second kappa shape index (κ2) is 14.3. The molecule has 6 rings (SSSR count). The molecule has 13 nitrogen and oxygen atoms in total. The van der Waals surface area contributed by atoms with Crippen molar-refractivity contribution in [2.24, 2.45) is 0 Å². The molecule has 2 aliphatic heterocycles. The number of benzene rings is 2. The first-order valence-corrected chi connectivity index (χ1v) is 17.3. The normalized spacial score (nSPS) is 22.7. The number of aromatic nitrogens is 4. The lowest BCUT2D eigenvalue weighted by molar-refractivity contribution is -0.203. The summed E-state index contributed by atoms with van der Waals surface area (Å²) < 4.78 is 58.2. The maximum atomic E-state index is 14.6. The van der Waals surface area contributed by atoms with Crippen LogP contribution in [0.3, 0.4) is 0 Å². The van der Waals surface area contributed by atoms with Gasteiger partial charge >= 0.3 is 13.6 Å². The fraction of sp³-hybridized carbons (Fsp3) is 0.419. The Morgan fingerprint density at radius 3 is 2.21 bits per heavy atom. The van der Waals surface area contributed by atoms with Crippen LogP contribution >= 0.6 is 30.8 Å². The van der Waals surface area contributed by atoms with Crippen LogP contribution in [0.5, 0.6) is 0 Å². The van der Waals surface area contributed by atoms with Crippen molar-refractivity contribution in [3.8, 4) is 0 Å². The summed E-state index contributed by atoms with van der Waals surface area (Å²) in [7, 11) is -4.35. The molecule has 47 heavy (non-hydrogen) atoms. The molecule has 0 saturated carbocycles. The number of halogens is 2. The van der Waals surface area contributed by atoms with E-state index in [1.54, 1.807) is 49.6 Å². The topological polar surface area (TPSA) is 142 Å². The number of imidazole rings is 1. The molecule has 0 radical (unpaired) electrons. The molecule has 2 fully saturated rings. The van der Waals surface area contributed by atoms with E-state index in [4.69, 9.17) is 55.9 Å². The van der Waals surface area contributed by atoms with E-state index in [0.29, 0.717) is 11.2 Å². The van der Waals surface area contributed by atoms with Crippen molar-refractivity contribution in [2.75, 3.05) is 13.2 Å². The summed E-state index contributed by atoms with van der Waals surface area (Å²) >= 11 is 12.4. The van der Waals surface area contributed by atoms with Crippen molar-refractivity contribution in [3.63, 3.8) is 0 Å². The Morgan fingerprint density at radius 1 is 0.979 bits per heavy atom. The largest absolute Gasteiger partial charge is 0.464 e. The highest BCUT2D eigenvalue weighted by Crippen LogP contribution is 2.56. The SMILES string of the molecule is CCOC(=O)C(OC[C@H]1O[C@@H](n2cnc3c(Cl)nc(Cl)nc32)[C@@H]2OC(C)(C)O[C@@H]21)P(=O)(OCc1ccccc1)OCc1ccccc1. The lowest BCUT2D eigenvalue weighted by atomic mass is 10.1. The third-order valence-corrected chi connectivity index (χ3v) is 9.80. The molecule has 1 unspecified atom stereocenters. The fourth-order valence-electron chi connectivity index (χ4n) is 5.40. The molecule has 2 aromatic carbocycles. The number of rotatable bonds is 13. The predicted molar refractivity (Wildman–Crippen MR) is 170 cm³/mol. The summed E-state index contributed by atoms with van der Waals surface area (Å²) in [5, 5.41) is 0.0118. The molecule has 0 bridgehead atoms. The van der Waals surface area contributed by atoms with Crippen molar-refractivity contribution < 1.29 is 42.1 Å². The van der Waals surface area contributed by atoms with Gasteiger partial charge in [-0.3, -0.25) is 9.13 Å². The highest BCUT2D eigenvalue weighted by Gasteiger charge is 2.57. The summed E-state index contributed by atoms with van der Waals surface area (Å²) in [5.41, 5.74) is 2.09. The van der Waals surface area contributed by atoms with Crippen LogP contribution in [0.15, 0.2) is 67.0 Å². The van der Waals surface area contributed by atoms with Gasteiger partial charge in [-0.05, 0) is 43.5 Å². The number of esters is 1. The molecule has 0 aliphatic carbocycles. The molecule has 4 heterocycles. The van der Waals surface area contributed by atoms with Crippen molar-refractivity contribution >= 4 is 47.9 Å². The number of hydrogen-bond donors (Lipinski definition) is 0. The van der Waals surface area contributed by atoms with E-state index in [2.05, 4.69) is 15.0 Å². The van der Waals surface area contributed by atoms with E-state index in [1.165, 1.54) is 6.33 Å². The smallest absolute Gasteiger partial charge is 0.371 e.